The molecular formula is C15H23ClN4O. The number of guanidine groups is 1. The molecule has 116 valence electrons. The van der Waals surface area contributed by atoms with E-state index in [-0.39, 0.29) is 5.91 Å². The standard InChI is InChI=1S/C15H23ClN4O/c1-4-17-15(18-5-2)19-10-9-14(21)20-13-8-6-7-12(16)11(13)3/h6-8H,4-5,9-10H2,1-3H3,(H,20,21)(H2,17,18,19). The van der Waals surface area contributed by atoms with Crippen LogP contribution in [0.4, 0.5) is 5.69 Å². The Morgan fingerprint density at radius 2 is 1.90 bits per heavy atom. The van der Waals surface area contributed by atoms with Crippen molar-refractivity contribution in [2.24, 2.45) is 4.99 Å². The highest BCUT2D eigenvalue weighted by Gasteiger charge is 2.06. The van der Waals surface area contributed by atoms with Crippen LogP contribution in [0.3, 0.4) is 0 Å². The maximum absolute atomic E-state index is 11.9. The average molecular weight is 311 g/mol. The van der Waals surface area contributed by atoms with E-state index in [0.29, 0.717) is 18.0 Å². The average Bonchev–Trinajstić information content (AvgIpc) is 2.44. The first-order chi connectivity index (χ1) is 10.1. The molecule has 3 N–H and O–H groups in total. The van der Waals surface area contributed by atoms with Gasteiger partial charge in [-0.15, -0.1) is 0 Å². The summed E-state index contributed by atoms with van der Waals surface area (Å²) < 4.78 is 0. The number of aliphatic imine (C=N–C) groups is 1. The monoisotopic (exact) mass is 310 g/mol. The van der Waals surface area contributed by atoms with Crippen molar-refractivity contribution in [2.45, 2.75) is 27.2 Å². The number of carbonyl (C=O) groups excluding carboxylic acids is 1. The van der Waals surface area contributed by atoms with Crippen LogP contribution >= 0.6 is 11.6 Å². The molecule has 21 heavy (non-hydrogen) atoms. The van der Waals surface area contributed by atoms with E-state index in [1.807, 2.05) is 32.9 Å². The fourth-order valence-electron chi connectivity index (χ4n) is 1.73. The number of nitrogens with zero attached hydrogens (tertiary/aromatic N) is 1. The van der Waals surface area contributed by atoms with Gasteiger partial charge in [0.2, 0.25) is 5.91 Å². The van der Waals surface area contributed by atoms with Crippen LogP contribution in [-0.4, -0.2) is 31.5 Å². The van der Waals surface area contributed by atoms with Crippen molar-refractivity contribution in [1.82, 2.24) is 10.6 Å². The molecule has 1 aromatic carbocycles. The molecule has 0 saturated carbocycles. The second-order valence-corrected chi connectivity index (χ2v) is 4.91. The Labute approximate surface area is 131 Å². The van der Waals surface area contributed by atoms with Gasteiger partial charge in [-0.05, 0) is 38.5 Å². The zero-order valence-corrected chi connectivity index (χ0v) is 13.5. The quantitative estimate of drug-likeness (QED) is 0.559. The number of carbonyl (C=O) groups is 1. The predicted octanol–water partition coefficient (Wildman–Crippen LogP) is 2.55. The smallest absolute Gasteiger partial charge is 0.226 e. The molecule has 5 nitrogen and oxygen atoms in total. The minimum Gasteiger partial charge on any atom is -0.357 e. The van der Waals surface area contributed by atoms with Crippen LogP contribution in [-0.2, 0) is 4.79 Å². The Hall–Kier alpha value is -1.75. The van der Waals surface area contributed by atoms with Crippen LogP contribution in [0.25, 0.3) is 0 Å². The number of halogens is 1. The van der Waals surface area contributed by atoms with Crippen molar-refractivity contribution >= 4 is 29.2 Å². The van der Waals surface area contributed by atoms with E-state index in [2.05, 4.69) is 20.9 Å². The van der Waals surface area contributed by atoms with Gasteiger partial charge in [0.1, 0.15) is 0 Å². The number of rotatable bonds is 6. The Bertz CT molecular complexity index is 494. The normalized spacial score (nSPS) is 9.90. The molecule has 1 amide bonds. The first-order valence-electron chi connectivity index (χ1n) is 7.15. The number of benzene rings is 1. The van der Waals surface area contributed by atoms with Crippen LogP contribution < -0.4 is 16.0 Å². The lowest BCUT2D eigenvalue weighted by atomic mass is 10.2. The van der Waals surface area contributed by atoms with Crippen molar-refractivity contribution in [2.75, 3.05) is 25.0 Å². The maximum atomic E-state index is 11.9. The summed E-state index contributed by atoms with van der Waals surface area (Å²) in [6, 6.07) is 5.46. The molecule has 0 saturated heterocycles. The summed E-state index contributed by atoms with van der Waals surface area (Å²) in [6.45, 7) is 7.90. The van der Waals surface area contributed by atoms with Gasteiger partial charge < -0.3 is 16.0 Å². The molecule has 0 spiro atoms. The molecule has 0 heterocycles. The first kappa shape index (κ1) is 17.3. The van der Waals surface area contributed by atoms with E-state index in [9.17, 15) is 4.79 Å². The van der Waals surface area contributed by atoms with E-state index >= 15 is 0 Å². The second kappa shape index (κ2) is 9.23. The molecule has 1 aromatic rings. The number of hydrogen-bond donors (Lipinski definition) is 3. The summed E-state index contributed by atoms with van der Waals surface area (Å²) in [5.74, 6) is 0.656. The van der Waals surface area contributed by atoms with Crippen LogP contribution in [0, 0.1) is 6.92 Å². The van der Waals surface area contributed by atoms with E-state index in [0.717, 1.165) is 30.3 Å². The highest BCUT2D eigenvalue weighted by Crippen LogP contribution is 2.22. The number of anilines is 1. The summed E-state index contributed by atoms with van der Waals surface area (Å²) in [6.07, 6.45) is 0.326. The van der Waals surface area contributed by atoms with Crippen molar-refractivity contribution in [1.29, 1.82) is 0 Å². The van der Waals surface area contributed by atoms with Gasteiger partial charge in [-0.2, -0.15) is 0 Å². The maximum Gasteiger partial charge on any atom is 0.226 e. The minimum absolute atomic E-state index is 0.0727. The minimum atomic E-state index is -0.0727. The Morgan fingerprint density at radius 1 is 1.24 bits per heavy atom. The molecule has 0 fully saturated rings. The lowest BCUT2D eigenvalue weighted by molar-refractivity contribution is -0.116. The topological polar surface area (TPSA) is 65.5 Å². The van der Waals surface area contributed by atoms with Gasteiger partial charge in [0.15, 0.2) is 5.96 Å². The van der Waals surface area contributed by atoms with Crippen LogP contribution in [0.15, 0.2) is 23.2 Å². The molecule has 6 heteroatoms. The lowest BCUT2D eigenvalue weighted by Crippen LogP contribution is -2.37. The van der Waals surface area contributed by atoms with E-state index in [1.165, 1.54) is 0 Å². The third kappa shape index (κ3) is 6.04. The summed E-state index contributed by atoms with van der Waals surface area (Å²) in [5, 5.41) is 9.73. The fraction of sp³-hybridized carbons (Fsp3) is 0.467. The van der Waals surface area contributed by atoms with Crippen molar-refractivity contribution < 1.29 is 4.79 Å². The first-order valence-corrected chi connectivity index (χ1v) is 7.53. The molecule has 0 aromatic heterocycles. The summed E-state index contributed by atoms with van der Waals surface area (Å²) >= 11 is 6.02. The van der Waals surface area contributed by atoms with Gasteiger partial charge in [-0.1, -0.05) is 17.7 Å². The van der Waals surface area contributed by atoms with Crippen molar-refractivity contribution in [3.05, 3.63) is 28.8 Å². The number of amides is 1. The zero-order valence-electron chi connectivity index (χ0n) is 12.8. The summed E-state index contributed by atoms with van der Waals surface area (Å²) in [4.78, 5) is 16.2. The molecule has 0 atom stereocenters. The van der Waals surface area contributed by atoms with E-state index in [1.54, 1.807) is 6.07 Å². The molecule has 1 rings (SSSR count). The number of nitrogens with one attached hydrogen (secondary N) is 3. The van der Waals surface area contributed by atoms with Gasteiger partial charge >= 0.3 is 0 Å². The molecule has 0 aliphatic rings. The van der Waals surface area contributed by atoms with Crippen LogP contribution in [0.1, 0.15) is 25.8 Å². The zero-order chi connectivity index (χ0) is 15.7. The highest BCUT2D eigenvalue weighted by molar-refractivity contribution is 6.31. The number of hydrogen-bond acceptors (Lipinski definition) is 2. The van der Waals surface area contributed by atoms with E-state index in [4.69, 9.17) is 11.6 Å². The third-order valence-electron chi connectivity index (χ3n) is 2.84. The fourth-order valence-corrected chi connectivity index (χ4v) is 1.91. The molecule has 0 aliphatic heterocycles. The summed E-state index contributed by atoms with van der Waals surface area (Å²) in [7, 11) is 0. The molecule has 0 bridgehead atoms. The van der Waals surface area contributed by atoms with Crippen LogP contribution in [0.2, 0.25) is 5.02 Å². The van der Waals surface area contributed by atoms with Crippen LogP contribution in [0.5, 0.6) is 0 Å². The lowest BCUT2D eigenvalue weighted by Gasteiger charge is -2.10. The molecule has 0 aliphatic carbocycles. The third-order valence-corrected chi connectivity index (χ3v) is 3.25. The molecule has 0 unspecified atom stereocenters. The van der Waals surface area contributed by atoms with E-state index < -0.39 is 0 Å². The SMILES string of the molecule is CCNC(=NCCC(=O)Nc1cccc(Cl)c1C)NCC. The van der Waals surface area contributed by atoms with Crippen molar-refractivity contribution in [3.63, 3.8) is 0 Å². The molecule has 0 radical (unpaired) electrons. The van der Waals surface area contributed by atoms with Gasteiger partial charge in [-0.3, -0.25) is 9.79 Å². The second-order valence-electron chi connectivity index (χ2n) is 4.50. The largest absolute Gasteiger partial charge is 0.357 e. The Kier molecular flexibility index (Phi) is 7.61. The van der Waals surface area contributed by atoms with Gasteiger partial charge in [-0.25, -0.2) is 0 Å². The van der Waals surface area contributed by atoms with Crippen molar-refractivity contribution in [3.8, 4) is 0 Å². The Balaban J connectivity index is 2.50. The summed E-state index contributed by atoms with van der Waals surface area (Å²) in [5.41, 5.74) is 1.62. The Morgan fingerprint density at radius 3 is 2.52 bits per heavy atom. The van der Waals surface area contributed by atoms with Gasteiger partial charge in [0, 0.05) is 30.2 Å². The van der Waals surface area contributed by atoms with Gasteiger partial charge in [0.25, 0.3) is 0 Å². The molecular weight excluding hydrogens is 288 g/mol. The van der Waals surface area contributed by atoms with Gasteiger partial charge in [0.05, 0.1) is 6.54 Å². The highest BCUT2D eigenvalue weighted by atomic mass is 35.5. The predicted molar refractivity (Wildman–Crippen MR) is 89.1 cm³/mol.